The van der Waals surface area contributed by atoms with Gasteiger partial charge in [0.25, 0.3) is 5.91 Å². The Labute approximate surface area is 95.5 Å². The summed E-state index contributed by atoms with van der Waals surface area (Å²) >= 11 is 0. The lowest BCUT2D eigenvalue weighted by Gasteiger charge is -2.34. The second-order valence-electron chi connectivity index (χ2n) is 4.55. The van der Waals surface area contributed by atoms with Crippen molar-refractivity contribution >= 4 is 5.91 Å². The number of likely N-dealkylation sites (tertiary alicyclic amines) is 1. The van der Waals surface area contributed by atoms with Gasteiger partial charge in [-0.1, -0.05) is 6.92 Å². The van der Waals surface area contributed by atoms with Crippen LogP contribution in [0.15, 0.2) is 24.5 Å². The predicted octanol–water partition coefficient (Wildman–Crippen LogP) is 0.891. The van der Waals surface area contributed by atoms with Crippen molar-refractivity contribution in [1.82, 2.24) is 9.88 Å². The fourth-order valence-corrected chi connectivity index (χ4v) is 2.24. The van der Waals surface area contributed by atoms with Crippen LogP contribution in [0.3, 0.4) is 0 Å². The maximum Gasteiger partial charge on any atom is 0.255 e. The van der Waals surface area contributed by atoms with Gasteiger partial charge in [0, 0.05) is 31.5 Å². The molecule has 2 unspecified atom stereocenters. The number of aromatic nitrogens is 1. The lowest BCUT2D eigenvalue weighted by atomic mass is 9.96. The van der Waals surface area contributed by atoms with E-state index in [2.05, 4.69) is 11.9 Å². The summed E-state index contributed by atoms with van der Waals surface area (Å²) in [6.45, 7) is 3.57. The molecule has 0 radical (unpaired) electrons. The fraction of sp³-hybridized carbons (Fsp3) is 0.500. The first-order valence-electron chi connectivity index (χ1n) is 5.61. The molecule has 1 fully saturated rings. The highest BCUT2D eigenvalue weighted by molar-refractivity contribution is 5.93. The zero-order valence-electron chi connectivity index (χ0n) is 9.47. The molecule has 1 amide bonds. The number of amides is 1. The third kappa shape index (κ3) is 2.39. The lowest BCUT2D eigenvalue weighted by molar-refractivity contribution is 0.0660. The van der Waals surface area contributed by atoms with E-state index in [-0.39, 0.29) is 11.9 Å². The van der Waals surface area contributed by atoms with Crippen molar-refractivity contribution in [1.29, 1.82) is 0 Å². The normalized spacial score (nSPS) is 25.5. The van der Waals surface area contributed by atoms with Crippen molar-refractivity contribution in [3.63, 3.8) is 0 Å². The van der Waals surface area contributed by atoms with Crippen molar-refractivity contribution in [2.75, 3.05) is 13.1 Å². The molecule has 2 N–H and O–H groups in total. The summed E-state index contributed by atoms with van der Waals surface area (Å²) in [5.74, 6) is 0.513. The van der Waals surface area contributed by atoms with Crippen LogP contribution >= 0.6 is 0 Å². The minimum absolute atomic E-state index is 0.0371. The first-order chi connectivity index (χ1) is 7.66. The molecule has 0 bridgehead atoms. The van der Waals surface area contributed by atoms with E-state index in [0.29, 0.717) is 18.0 Å². The molecule has 1 aromatic heterocycles. The highest BCUT2D eigenvalue weighted by Crippen LogP contribution is 2.17. The van der Waals surface area contributed by atoms with Gasteiger partial charge >= 0.3 is 0 Å². The molecule has 0 aromatic carbocycles. The molecular formula is C12H17N3O. The van der Waals surface area contributed by atoms with Crippen LogP contribution in [-0.4, -0.2) is 34.9 Å². The number of nitrogens with zero attached hydrogens (tertiary/aromatic N) is 2. The van der Waals surface area contributed by atoms with E-state index < -0.39 is 0 Å². The van der Waals surface area contributed by atoms with E-state index in [0.717, 1.165) is 13.0 Å². The summed E-state index contributed by atoms with van der Waals surface area (Å²) in [5, 5.41) is 0. The molecule has 0 saturated carbocycles. The molecule has 1 saturated heterocycles. The Bertz CT molecular complexity index is 356. The van der Waals surface area contributed by atoms with Crippen molar-refractivity contribution in [3.05, 3.63) is 30.1 Å². The molecule has 0 aliphatic carbocycles. The maximum atomic E-state index is 12.1. The van der Waals surface area contributed by atoms with Gasteiger partial charge in [0.05, 0.1) is 5.56 Å². The molecule has 1 aliphatic heterocycles. The summed E-state index contributed by atoms with van der Waals surface area (Å²) in [4.78, 5) is 17.9. The van der Waals surface area contributed by atoms with Gasteiger partial charge in [-0.2, -0.15) is 0 Å². The van der Waals surface area contributed by atoms with Crippen LogP contribution in [0, 0.1) is 5.92 Å². The Morgan fingerprint density at radius 2 is 2.38 bits per heavy atom. The first-order valence-corrected chi connectivity index (χ1v) is 5.61. The quantitative estimate of drug-likeness (QED) is 0.763. The van der Waals surface area contributed by atoms with Crippen LogP contribution in [0.4, 0.5) is 0 Å². The highest BCUT2D eigenvalue weighted by atomic mass is 16.2. The summed E-state index contributed by atoms with van der Waals surface area (Å²) < 4.78 is 0. The van der Waals surface area contributed by atoms with Gasteiger partial charge in [-0.15, -0.1) is 0 Å². The molecule has 2 atom stereocenters. The number of carbonyl (C=O) groups is 1. The second-order valence-corrected chi connectivity index (χ2v) is 4.55. The summed E-state index contributed by atoms with van der Waals surface area (Å²) in [5.41, 5.74) is 6.56. The van der Waals surface area contributed by atoms with Crippen LogP contribution in [-0.2, 0) is 0 Å². The molecule has 2 heterocycles. The predicted molar refractivity (Wildman–Crippen MR) is 61.9 cm³/mol. The van der Waals surface area contributed by atoms with Crippen molar-refractivity contribution < 1.29 is 4.79 Å². The van der Waals surface area contributed by atoms with E-state index in [9.17, 15) is 4.79 Å². The molecule has 16 heavy (non-hydrogen) atoms. The SMILES string of the molecule is CC1CC(N)CN(C(=O)c2cccnc2)C1. The van der Waals surface area contributed by atoms with Gasteiger partial charge in [0.2, 0.25) is 0 Å². The lowest BCUT2D eigenvalue weighted by Crippen LogP contribution is -2.48. The topological polar surface area (TPSA) is 59.2 Å². The van der Waals surface area contributed by atoms with E-state index in [1.54, 1.807) is 24.5 Å². The van der Waals surface area contributed by atoms with Crippen molar-refractivity contribution in [2.45, 2.75) is 19.4 Å². The average molecular weight is 219 g/mol. The van der Waals surface area contributed by atoms with E-state index in [4.69, 9.17) is 5.73 Å². The third-order valence-corrected chi connectivity index (χ3v) is 2.89. The minimum atomic E-state index is 0.0371. The molecule has 4 nitrogen and oxygen atoms in total. The summed E-state index contributed by atoms with van der Waals surface area (Å²) in [6, 6.07) is 3.67. The van der Waals surface area contributed by atoms with Gasteiger partial charge in [-0.3, -0.25) is 9.78 Å². The summed E-state index contributed by atoms with van der Waals surface area (Å²) in [6.07, 6.45) is 4.27. The number of piperidine rings is 1. The molecule has 0 spiro atoms. The summed E-state index contributed by atoms with van der Waals surface area (Å²) in [7, 11) is 0. The van der Waals surface area contributed by atoms with E-state index >= 15 is 0 Å². The zero-order chi connectivity index (χ0) is 11.5. The largest absolute Gasteiger partial charge is 0.337 e. The average Bonchev–Trinajstić information content (AvgIpc) is 2.28. The monoisotopic (exact) mass is 219 g/mol. The van der Waals surface area contributed by atoms with Crippen molar-refractivity contribution in [2.24, 2.45) is 11.7 Å². The van der Waals surface area contributed by atoms with Crippen LogP contribution < -0.4 is 5.73 Å². The van der Waals surface area contributed by atoms with Gasteiger partial charge in [-0.05, 0) is 24.5 Å². The number of carbonyl (C=O) groups excluding carboxylic acids is 1. The molecule has 1 aliphatic rings. The van der Waals surface area contributed by atoms with Crippen LogP contribution in [0.25, 0.3) is 0 Å². The smallest absolute Gasteiger partial charge is 0.255 e. The number of pyridine rings is 1. The number of nitrogens with two attached hydrogens (primary N) is 1. The molecular weight excluding hydrogens is 202 g/mol. The Morgan fingerprint density at radius 3 is 3.00 bits per heavy atom. The van der Waals surface area contributed by atoms with Crippen molar-refractivity contribution in [3.8, 4) is 0 Å². The van der Waals surface area contributed by atoms with Gasteiger partial charge in [0.15, 0.2) is 0 Å². The van der Waals surface area contributed by atoms with Gasteiger partial charge in [0.1, 0.15) is 0 Å². The number of rotatable bonds is 1. The second kappa shape index (κ2) is 4.61. The Hall–Kier alpha value is -1.42. The minimum Gasteiger partial charge on any atom is -0.337 e. The molecule has 2 rings (SSSR count). The van der Waals surface area contributed by atoms with Gasteiger partial charge in [-0.25, -0.2) is 0 Å². The Balaban J connectivity index is 2.10. The maximum absolute atomic E-state index is 12.1. The Morgan fingerprint density at radius 1 is 1.56 bits per heavy atom. The van der Waals surface area contributed by atoms with Crippen LogP contribution in [0.2, 0.25) is 0 Å². The number of hydrogen-bond donors (Lipinski definition) is 1. The van der Waals surface area contributed by atoms with E-state index in [1.165, 1.54) is 0 Å². The molecule has 1 aromatic rings. The van der Waals surface area contributed by atoms with Crippen LogP contribution in [0.1, 0.15) is 23.7 Å². The first kappa shape index (κ1) is 11.1. The van der Waals surface area contributed by atoms with Crippen LogP contribution in [0.5, 0.6) is 0 Å². The number of hydrogen-bond acceptors (Lipinski definition) is 3. The highest BCUT2D eigenvalue weighted by Gasteiger charge is 2.26. The third-order valence-electron chi connectivity index (χ3n) is 2.89. The van der Waals surface area contributed by atoms with Gasteiger partial charge < -0.3 is 10.6 Å². The standard InChI is InChI=1S/C12H17N3O/c1-9-5-11(13)8-15(7-9)12(16)10-3-2-4-14-6-10/h2-4,6,9,11H,5,7-8,13H2,1H3. The zero-order valence-corrected chi connectivity index (χ0v) is 9.47. The van der Waals surface area contributed by atoms with E-state index in [1.807, 2.05) is 4.90 Å². The molecule has 4 heteroatoms. The Kier molecular flexibility index (Phi) is 3.19. The molecule has 86 valence electrons. The fourth-order valence-electron chi connectivity index (χ4n) is 2.24.